The topological polar surface area (TPSA) is 55.8 Å². The summed E-state index contributed by atoms with van der Waals surface area (Å²) in [5.41, 5.74) is 2.94. The maximum absolute atomic E-state index is 13.1. The molecular formula is C26H25NO4. The molecule has 1 heterocycles. The Morgan fingerprint density at radius 1 is 0.903 bits per heavy atom. The smallest absolute Gasteiger partial charge is 0.411 e. The molecule has 1 amide bonds. The van der Waals surface area contributed by atoms with Gasteiger partial charge in [0.2, 0.25) is 0 Å². The summed E-state index contributed by atoms with van der Waals surface area (Å²) < 4.78 is 10.8. The zero-order chi connectivity index (χ0) is 21.6. The Morgan fingerprint density at radius 2 is 1.42 bits per heavy atom. The molecule has 5 nitrogen and oxygen atoms in total. The van der Waals surface area contributed by atoms with Crippen LogP contribution in [0, 0.1) is 0 Å². The van der Waals surface area contributed by atoms with Crippen molar-refractivity contribution in [3.8, 4) is 0 Å². The lowest BCUT2D eigenvalue weighted by Gasteiger charge is -2.31. The molecule has 0 aliphatic carbocycles. The Balaban J connectivity index is 1.69. The van der Waals surface area contributed by atoms with Gasteiger partial charge in [0.05, 0.1) is 13.2 Å². The van der Waals surface area contributed by atoms with Crippen LogP contribution in [0.1, 0.15) is 29.2 Å². The van der Waals surface area contributed by atoms with Gasteiger partial charge in [0.25, 0.3) is 0 Å². The molecule has 5 heteroatoms. The van der Waals surface area contributed by atoms with Crippen molar-refractivity contribution in [2.45, 2.75) is 31.0 Å². The van der Waals surface area contributed by atoms with Crippen LogP contribution in [-0.4, -0.2) is 36.2 Å². The number of ether oxygens (including phenoxy) is 2. The number of hydrogen-bond acceptors (Lipinski definition) is 4. The van der Waals surface area contributed by atoms with Crippen LogP contribution in [0.2, 0.25) is 0 Å². The largest absolute Gasteiger partial charge is 0.467 e. The molecule has 2 atom stereocenters. The third-order valence-corrected chi connectivity index (χ3v) is 5.63. The Morgan fingerprint density at radius 3 is 1.94 bits per heavy atom. The Bertz CT molecular complexity index is 968. The fourth-order valence-electron chi connectivity index (χ4n) is 4.15. The second-order valence-electron chi connectivity index (χ2n) is 7.55. The predicted octanol–water partition coefficient (Wildman–Crippen LogP) is 4.77. The van der Waals surface area contributed by atoms with Crippen molar-refractivity contribution in [1.82, 2.24) is 4.90 Å². The molecule has 1 aliphatic heterocycles. The van der Waals surface area contributed by atoms with E-state index < -0.39 is 30.3 Å². The summed E-state index contributed by atoms with van der Waals surface area (Å²) in [5.74, 6) is -0.472. The van der Waals surface area contributed by atoms with E-state index in [0.717, 1.165) is 16.7 Å². The normalized spacial score (nSPS) is 18.1. The van der Waals surface area contributed by atoms with E-state index in [1.54, 1.807) is 0 Å². The van der Waals surface area contributed by atoms with E-state index in [-0.39, 0.29) is 0 Å². The fourth-order valence-corrected chi connectivity index (χ4v) is 4.15. The number of amides is 1. The first-order valence-corrected chi connectivity index (χ1v) is 10.4. The van der Waals surface area contributed by atoms with Gasteiger partial charge in [0, 0.05) is 0 Å². The van der Waals surface area contributed by atoms with Crippen LogP contribution in [0.5, 0.6) is 0 Å². The first-order valence-electron chi connectivity index (χ1n) is 10.4. The molecule has 0 saturated carbocycles. The van der Waals surface area contributed by atoms with E-state index in [9.17, 15) is 9.59 Å². The molecule has 0 N–H and O–H groups in total. The van der Waals surface area contributed by atoms with Gasteiger partial charge in [-0.1, -0.05) is 91.0 Å². The minimum absolute atomic E-state index is 0.458. The van der Waals surface area contributed by atoms with Crippen LogP contribution >= 0.6 is 0 Å². The second kappa shape index (κ2) is 9.47. The van der Waals surface area contributed by atoms with Crippen molar-refractivity contribution in [1.29, 1.82) is 0 Å². The minimum Gasteiger partial charge on any atom is -0.467 e. The molecule has 0 radical (unpaired) electrons. The zero-order valence-corrected chi connectivity index (χ0v) is 17.4. The van der Waals surface area contributed by atoms with E-state index in [1.807, 2.05) is 91.0 Å². The molecule has 3 aromatic rings. The van der Waals surface area contributed by atoms with Gasteiger partial charge in [-0.05, 0) is 29.5 Å². The van der Waals surface area contributed by atoms with Gasteiger partial charge in [0.1, 0.15) is 6.10 Å². The molecule has 3 aromatic carbocycles. The molecule has 158 valence electrons. The van der Waals surface area contributed by atoms with Gasteiger partial charge in [0.15, 0.2) is 6.04 Å². The number of esters is 1. The number of aryl methyl sites for hydroxylation is 1. The molecule has 0 aromatic heterocycles. The summed E-state index contributed by atoms with van der Waals surface area (Å²) >= 11 is 0. The van der Waals surface area contributed by atoms with Crippen molar-refractivity contribution < 1.29 is 19.1 Å². The van der Waals surface area contributed by atoms with E-state index in [4.69, 9.17) is 9.47 Å². The average molecular weight is 415 g/mol. The van der Waals surface area contributed by atoms with Crippen LogP contribution in [0.15, 0.2) is 91.0 Å². The van der Waals surface area contributed by atoms with Crippen LogP contribution < -0.4 is 0 Å². The number of methoxy groups -OCH3 is 1. The van der Waals surface area contributed by atoms with Gasteiger partial charge >= 0.3 is 12.1 Å². The number of cyclic esters (lactones) is 1. The highest BCUT2D eigenvalue weighted by Gasteiger charge is 2.50. The molecule has 1 aliphatic rings. The highest BCUT2D eigenvalue weighted by Crippen LogP contribution is 2.37. The van der Waals surface area contributed by atoms with E-state index in [0.29, 0.717) is 12.8 Å². The molecular weight excluding hydrogens is 390 g/mol. The number of carbonyl (C=O) groups is 2. The lowest BCUT2D eigenvalue weighted by atomic mass is 9.94. The third-order valence-electron chi connectivity index (χ3n) is 5.63. The van der Waals surface area contributed by atoms with Crippen LogP contribution in [-0.2, 0) is 20.7 Å². The standard InChI is InChI=1S/C26H25NO4/c1-30-25(28)24-22(18-17-19-11-5-2-6-12-19)31-26(29)27(24)23(20-13-7-3-8-14-20)21-15-9-4-10-16-21/h2-16,22-24H,17-18H2,1H3. The van der Waals surface area contributed by atoms with E-state index in [2.05, 4.69) is 0 Å². The third kappa shape index (κ3) is 4.45. The first-order chi connectivity index (χ1) is 15.2. The van der Waals surface area contributed by atoms with Gasteiger partial charge in [-0.25, -0.2) is 9.59 Å². The predicted molar refractivity (Wildman–Crippen MR) is 117 cm³/mol. The highest BCUT2D eigenvalue weighted by atomic mass is 16.6. The molecule has 0 spiro atoms. The summed E-state index contributed by atoms with van der Waals surface area (Å²) in [6.07, 6.45) is 0.130. The lowest BCUT2D eigenvalue weighted by molar-refractivity contribution is -0.147. The minimum atomic E-state index is -0.827. The van der Waals surface area contributed by atoms with Gasteiger partial charge in [-0.15, -0.1) is 0 Å². The lowest BCUT2D eigenvalue weighted by Crippen LogP contribution is -2.46. The quantitative estimate of drug-likeness (QED) is 0.522. The van der Waals surface area contributed by atoms with E-state index in [1.165, 1.54) is 12.0 Å². The number of carbonyl (C=O) groups excluding carboxylic acids is 2. The van der Waals surface area contributed by atoms with Gasteiger partial charge in [-0.2, -0.15) is 0 Å². The van der Waals surface area contributed by atoms with Crippen LogP contribution in [0.3, 0.4) is 0 Å². The summed E-state index contributed by atoms with van der Waals surface area (Å²) in [4.78, 5) is 27.5. The van der Waals surface area contributed by atoms with E-state index >= 15 is 0 Å². The average Bonchev–Trinajstić information content (AvgIpc) is 3.15. The monoisotopic (exact) mass is 415 g/mol. The van der Waals surface area contributed by atoms with Crippen LogP contribution in [0.25, 0.3) is 0 Å². The maximum atomic E-state index is 13.1. The Labute approximate surface area is 182 Å². The number of benzene rings is 3. The van der Waals surface area contributed by atoms with Gasteiger partial charge < -0.3 is 9.47 Å². The fraction of sp³-hybridized carbons (Fsp3) is 0.231. The maximum Gasteiger partial charge on any atom is 0.411 e. The first kappa shape index (κ1) is 20.7. The number of hydrogen-bond donors (Lipinski definition) is 0. The summed E-state index contributed by atoms with van der Waals surface area (Å²) in [5, 5.41) is 0. The zero-order valence-electron chi connectivity index (χ0n) is 17.4. The molecule has 31 heavy (non-hydrogen) atoms. The van der Waals surface area contributed by atoms with Crippen molar-refractivity contribution in [2.75, 3.05) is 7.11 Å². The molecule has 1 fully saturated rings. The van der Waals surface area contributed by atoms with Crippen molar-refractivity contribution >= 4 is 12.1 Å². The van der Waals surface area contributed by atoms with Gasteiger partial charge in [-0.3, -0.25) is 4.90 Å². The molecule has 1 saturated heterocycles. The Kier molecular flexibility index (Phi) is 6.32. The summed E-state index contributed by atoms with van der Waals surface area (Å²) in [7, 11) is 1.34. The summed E-state index contributed by atoms with van der Waals surface area (Å²) in [6.45, 7) is 0. The summed E-state index contributed by atoms with van der Waals surface area (Å²) in [6, 6.07) is 28.0. The number of nitrogens with zero attached hydrogens (tertiary/aromatic N) is 1. The SMILES string of the molecule is COC(=O)C1C(CCc2ccccc2)OC(=O)N1C(c1ccccc1)c1ccccc1. The second-order valence-corrected chi connectivity index (χ2v) is 7.55. The molecule has 0 bridgehead atoms. The highest BCUT2D eigenvalue weighted by molar-refractivity contribution is 5.85. The van der Waals surface area contributed by atoms with Crippen LogP contribution in [0.4, 0.5) is 4.79 Å². The van der Waals surface area contributed by atoms with Crippen molar-refractivity contribution in [3.05, 3.63) is 108 Å². The van der Waals surface area contributed by atoms with Crippen molar-refractivity contribution in [3.63, 3.8) is 0 Å². The molecule has 2 unspecified atom stereocenters. The molecule has 4 rings (SSSR count). The number of rotatable bonds is 7. The van der Waals surface area contributed by atoms with Crippen molar-refractivity contribution in [2.24, 2.45) is 0 Å². The Hall–Kier alpha value is -3.60.